The number of nitrogens with zero attached hydrogens (tertiary/aromatic N) is 4. The minimum Gasteiger partial charge on any atom is -0.378 e. The maximum absolute atomic E-state index is 9.53. The molecule has 0 radical (unpaired) electrons. The van der Waals surface area contributed by atoms with Gasteiger partial charge < -0.3 is 20.3 Å². The number of aromatic nitrogens is 1. The molecular formula is C27H30N6O. The van der Waals surface area contributed by atoms with E-state index in [4.69, 9.17) is 4.74 Å². The molecule has 2 fully saturated rings. The van der Waals surface area contributed by atoms with E-state index in [1.807, 2.05) is 12.1 Å². The summed E-state index contributed by atoms with van der Waals surface area (Å²) < 4.78 is 5.62. The standard InChI is InChI=1S/C27H30N6O/c1-17-14-32(24-8-5-18(11-28)27-22(24)4-3-9-30-27)16-25-21-7-6-20(10-19(21)15-33(17)25)31-23-12-29-13-26(23)34-2/h3-10,17,23,25-26,29,31H,12-16H2,1-2H3. The van der Waals surface area contributed by atoms with Gasteiger partial charge in [0.15, 0.2) is 0 Å². The fourth-order valence-electron chi connectivity index (χ4n) is 6.00. The fourth-order valence-corrected chi connectivity index (χ4v) is 6.00. The van der Waals surface area contributed by atoms with Crippen LogP contribution < -0.4 is 15.5 Å². The average molecular weight is 455 g/mol. The van der Waals surface area contributed by atoms with Gasteiger partial charge in [-0.2, -0.15) is 5.26 Å². The van der Waals surface area contributed by atoms with E-state index in [1.165, 1.54) is 22.5 Å². The number of nitrogens with one attached hydrogen (secondary N) is 2. The van der Waals surface area contributed by atoms with Gasteiger partial charge in [0.05, 0.1) is 29.3 Å². The van der Waals surface area contributed by atoms with Gasteiger partial charge in [0.25, 0.3) is 0 Å². The average Bonchev–Trinajstić information content (AvgIpc) is 3.47. The van der Waals surface area contributed by atoms with Gasteiger partial charge in [-0.15, -0.1) is 0 Å². The molecule has 4 unspecified atom stereocenters. The number of hydrogen-bond acceptors (Lipinski definition) is 7. The normalized spacial score (nSPS) is 26.3. The Hall–Kier alpha value is -3.18. The van der Waals surface area contributed by atoms with Crippen molar-refractivity contribution in [2.24, 2.45) is 0 Å². The molecule has 1 aromatic heterocycles. The van der Waals surface area contributed by atoms with Gasteiger partial charge in [0, 0.05) is 68.8 Å². The Morgan fingerprint density at radius 3 is 2.94 bits per heavy atom. The highest BCUT2D eigenvalue weighted by molar-refractivity contribution is 5.95. The van der Waals surface area contributed by atoms with Crippen LogP contribution >= 0.6 is 0 Å². The van der Waals surface area contributed by atoms with Crippen molar-refractivity contribution >= 4 is 22.3 Å². The third-order valence-electron chi connectivity index (χ3n) is 7.72. The molecule has 0 spiro atoms. The predicted octanol–water partition coefficient (Wildman–Crippen LogP) is 3.27. The Morgan fingerprint density at radius 1 is 1.18 bits per heavy atom. The molecule has 7 heteroatoms. The van der Waals surface area contributed by atoms with Crippen molar-refractivity contribution in [1.29, 1.82) is 5.26 Å². The van der Waals surface area contributed by atoms with E-state index in [0.29, 0.717) is 23.7 Å². The highest BCUT2D eigenvalue weighted by Gasteiger charge is 2.39. The highest BCUT2D eigenvalue weighted by atomic mass is 16.5. The van der Waals surface area contributed by atoms with E-state index >= 15 is 0 Å². The van der Waals surface area contributed by atoms with E-state index in [-0.39, 0.29) is 6.10 Å². The predicted molar refractivity (Wildman–Crippen MR) is 134 cm³/mol. The summed E-state index contributed by atoms with van der Waals surface area (Å²) in [5, 5.41) is 17.7. The molecule has 0 bridgehead atoms. The van der Waals surface area contributed by atoms with E-state index < -0.39 is 0 Å². The van der Waals surface area contributed by atoms with Crippen molar-refractivity contribution in [2.45, 2.75) is 37.7 Å². The second kappa shape index (κ2) is 8.55. The molecule has 174 valence electrons. The van der Waals surface area contributed by atoms with Crippen molar-refractivity contribution in [1.82, 2.24) is 15.2 Å². The first-order valence-electron chi connectivity index (χ1n) is 12.1. The number of benzene rings is 2. The lowest BCUT2D eigenvalue weighted by Gasteiger charge is -2.43. The molecule has 0 amide bonds. The number of ether oxygens (including phenoxy) is 1. The molecule has 7 nitrogen and oxygen atoms in total. The van der Waals surface area contributed by atoms with Crippen LogP contribution in [0.15, 0.2) is 48.7 Å². The second-order valence-corrected chi connectivity index (χ2v) is 9.68. The Kier molecular flexibility index (Phi) is 5.37. The minimum atomic E-state index is 0.199. The van der Waals surface area contributed by atoms with E-state index in [9.17, 15) is 5.26 Å². The van der Waals surface area contributed by atoms with Crippen LogP contribution in [-0.4, -0.2) is 61.4 Å². The van der Waals surface area contributed by atoms with E-state index in [1.54, 1.807) is 13.3 Å². The fraction of sp³-hybridized carbons (Fsp3) is 0.407. The summed E-state index contributed by atoms with van der Waals surface area (Å²) in [5.41, 5.74) is 6.59. The number of piperazine rings is 1. The third kappa shape index (κ3) is 3.50. The van der Waals surface area contributed by atoms with Gasteiger partial charge >= 0.3 is 0 Å². The van der Waals surface area contributed by atoms with Crippen LogP contribution in [0.4, 0.5) is 11.4 Å². The zero-order valence-corrected chi connectivity index (χ0v) is 19.7. The topological polar surface area (TPSA) is 76.5 Å². The molecule has 3 aliphatic heterocycles. The Bertz CT molecular complexity index is 1270. The first-order valence-corrected chi connectivity index (χ1v) is 12.1. The number of fused-ring (bicyclic) bond motifs is 4. The molecule has 0 aliphatic carbocycles. The number of rotatable bonds is 4. The highest BCUT2D eigenvalue weighted by Crippen LogP contribution is 2.42. The number of methoxy groups -OCH3 is 1. The van der Waals surface area contributed by atoms with Crippen LogP contribution in [0.2, 0.25) is 0 Å². The van der Waals surface area contributed by atoms with Crippen molar-refractivity contribution in [3.63, 3.8) is 0 Å². The van der Waals surface area contributed by atoms with Crippen LogP contribution in [0.25, 0.3) is 10.9 Å². The van der Waals surface area contributed by atoms with Crippen molar-refractivity contribution < 1.29 is 4.74 Å². The Morgan fingerprint density at radius 2 is 2.09 bits per heavy atom. The summed E-state index contributed by atoms with van der Waals surface area (Å²) in [6.45, 7) is 7.00. The second-order valence-electron chi connectivity index (χ2n) is 9.68. The number of nitriles is 1. The van der Waals surface area contributed by atoms with Crippen LogP contribution in [0, 0.1) is 11.3 Å². The molecule has 2 aromatic carbocycles. The van der Waals surface area contributed by atoms with Gasteiger partial charge in [-0.3, -0.25) is 9.88 Å². The summed E-state index contributed by atoms with van der Waals surface area (Å²) in [5.74, 6) is 0. The van der Waals surface area contributed by atoms with Crippen LogP contribution in [-0.2, 0) is 11.3 Å². The lowest BCUT2D eigenvalue weighted by molar-refractivity contribution is 0.111. The van der Waals surface area contributed by atoms with E-state index in [2.05, 4.69) is 68.7 Å². The Labute approximate surface area is 200 Å². The smallest absolute Gasteiger partial charge is 0.101 e. The summed E-state index contributed by atoms with van der Waals surface area (Å²) in [4.78, 5) is 9.62. The molecule has 3 aromatic rings. The van der Waals surface area contributed by atoms with Crippen molar-refractivity contribution in [3.8, 4) is 6.07 Å². The lowest BCUT2D eigenvalue weighted by atomic mass is 9.99. The summed E-state index contributed by atoms with van der Waals surface area (Å²) >= 11 is 0. The molecule has 34 heavy (non-hydrogen) atoms. The summed E-state index contributed by atoms with van der Waals surface area (Å²) in [6.07, 6.45) is 1.97. The SMILES string of the molecule is COC1CNCC1Nc1ccc2c(c1)CN1C(C)CN(c3ccc(C#N)c4ncccc34)CC21. The Balaban J connectivity index is 1.28. The summed E-state index contributed by atoms with van der Waals surface area (Å²) in [7, 11) is 1.79. The van der Waals surface area contributed by atoms with Gasteiger partial charge in [0.2, 0.25) is 0 Å². The molecule has 0 saturated carbocycles. The lowest BCUT2D eigenvalue weighted by Crippen LogP contribution is -2.51. The molecule has 3 aliphatic rings. The number of anilines is 2. The van der Waals surface area contributed by atoms with Crippen LogP contribution in [0.1, 0.15) is 29.7 Å². The zero-order chi connectivity index (χ0) is 23.2. The van der Waals surface area contributed by atoms with Crippen LogP contribution in [0.3, 0.4) is 0 Å². The van der Waals surface area contributed by atoms with Gasteiger partial charge in [-0.25, -0.2) is 0 Å². The van der Waals surface area contributed by atoms with Gasteiger partial charge in [0.1, 0.15) is 6.07 Å². The monoisotopic (exact) mass is 454 g/mol. The van der Waals surface area contributed by atoms with Gasteiger partial charge in [-0.05, 0) is 54.4 Å². The first-order chi connectivity index (χ1) is 16.7. The molecule has 4 atom stereocenters. The van der Waals surface area contributed by atoms with E-state index in [0.717, 1.165) is 43.6 Å². The van der Waals surface area contributed by atoms with Crippen molar-refractivity contribution in [2.75, 3.05) is 43.5 Å². The summed E-state index contributed by atoms with van der Waals surface area (Å²) in [6, 6.07) is 18.3. The maximum atomic E-state index is 9.53. The third-order valence-corrected chi connectivity index (χ3v) is 7.72. The molecule has 2 saturated heterocycles. The maximum Gasteiger partial charge on any atom is 0.101 e. The number of pyridine rings is 1. The largest absolute Gasteiger partial charge is 0.378 e. The molecule has 2 N–H and O–H groups in total. The van der Waals surface area contributed by atoms with Gasteiger partial charge in [-0.1, -0.05) is 6.07 Å². The quantitative estimate of drug-likeness (QED) is 0.627. The first kappa shape index (κ1) is 21.4. The zero-order valence-electron chi connectivity index (χ0n) is 19.7. The molecule has 4 heterocycles. The molecular weight excluding hydrogens is 424 g/mol. The molecule has 6 rings (SSSR count). The van der Waals surface area contributed by atoms with Crippen LogP contribution in [0.5, 0.6) is 0 Å². The van der Waals surface area contributed by atoms with Crippen molar-refractivity contribution in [3.05, 3.63) is 65.4 Å². The number of hydrogen-bond donors (Lipinski definition) is 2. The minimum absolute atomic E-state index is 0.199.